The molecule has 2 aliphatic rings. The normalized spacial score (nSPS) is 20.6. The number of hydrogen-bond acceptors (Lipinski definition) is 2. The predicted octanol–water partition coefficient (Wildman–Crippen LogP) is 7.85. The first kappa shape index (κ1) is 24.9. The molecule has 6 rings (SSSR count). The van der Waals surface area contributed by atoms with Crippen molar-refractivity contribution < 1.29 is 0 Å². The molecular formula is C35H39N3. The minimum absolute atomic E-state index is 0.116. The van der Waals surface area contributed by atoms with Crippen LogP contribution in [0, 0.1) is 5.92 Å². The molecule has 1 aromatic heterocycles. The summed E-state index contributed by atoms with van der Waals surface area (Å²) >= 11 is 0. The van der Waals surface area contributed by atoms with Crippen LogP contribution in [0.5, 0.6) is 0 Å². The van der Waals surface area contributed by atoms with Crippen LogP contribution in [0.3, 0.4) is 0 Å². The molecule has 0 bridgehead atoms. The Hall–Kier alpha value is -3.40. The maximum atomic E-state index is 3.98. The van der Waals surface area contributed by atoms with E-state index in [1.165, 1.54) is 58.1 Å². The van der Waals surface area contributed by atoms with Crippen LogP contribution in [-0.4, -0.2) is 43.0 Å². The molecule has 1 heterocycles. The monoisotopic (exact) mass is 501 g/mol. The van der Waals surface area contributed by atoms with Crippen molar-refractivity contribution in [2.75, 3.05) is 28.2 Å². The average Bonchev–Trinajstić information content (AvgIpc) is 3.52. The molecular weight excluding hydrogens is 462 g/mol. The van der Waals surface area contributed by atoms with E-state index in [2.05, 4.69) is 140 Å². The molecule has 4 atom stereocenters. The Bertz CT molecular complexity index is 1460. The third-order valence-corrected chi connectivity index (χ3v) is 8.63. The van der Waals surface area contributed by atoms with Crippen molar-refractivity contribution in [3.8, 4) is 0 Å². The highest BCUT2D eigenvalue weighted by Gasteiger charge is 2.36. The second-order valence-electron chi connectivity index (χ2n) is 11.4. The Balaban J connectivity index is 1.65. The molecule has 0 aliphatic heterocycles. The Kier molecular flexibility index (Phi) is 6.82. The summed E-state index contributed by atoms with van der Waals surface area (Å²) in [5.74, 6) is 1.17. The highest BCUT2D eigenvalue weighted by Crippen LogP contribution is 2.50. The number of aromatic nitrogens is 1. The third kappa shape index (κ3) is 4.34. The number of hydrogen-bond donors (Lipinski definition) is 1. The van der Waals surface area contributed by atoms with Gasteiger partial charge in [0.1, 0.15) is 0 Å². The summed E-state index contributed by atoms with van der Waals surface area (Å²) in [6.45, 7) is 0. The molecule has 0 amide bonds. The third-order valence-electron chi connectivity index (χ3n) is 8.63. The van der Waals surface area contributed by atoms with E-state index in [0.29, 0.717) is 11.8 Å². The zero-order valence-corrected chi connectivity index (χ0v) is 23.1. The minimum Gasteiger partial charge on any atom is -0.356 e. The van der Waals surface area contributed by atoms with E-state index in [9.17, 15) is 0 Å². The Morgan fingerprint density at radius 1 is 0.737 bits per heavy atom. The Morgan fingerprint density at radius 3 is 2.05 bits per heavy atom. The molecule has 1 saturated carbocycles. The number of rotatable bonds is 7. The fraction of sp³-hybridized carbons (Fsp3) is 0.314. The number of nitrogens with one attached hydrogen (secondary N) is 1. The first-order valence-electron chi connectivity index (χ1n) is 14.0. The molecule has 0 saturated heterocycles. The van der Waals surface area contributed by atoms with Crippen LogP contribution in [0.15, 0.2) is 103 Å². The molecule has 38 heavy (non-hydrogen) atoms. The first-order valence-corrected chi connectivity index (χ1v) is 14.0. The van der Waals surface area contributed by atoms with Gasteiger partial charge >= 0.3 is 0 Å². The van der Waals surface area contributed by atoms with Crippen LogP contribution >= 0.6 is 0 Å². The zero-order valence-electron chi connectivity index (χ0n) is 23.1. The summed E-state index contributed by atoms with van der Waals surface area (Å²) in [5.41, 5.74) is 9.68. The SMILES string of the molecule is CN(C)C(c1ccccc1)c1[nH]c2cccc(C3CCC4CC=CC=C43)c2c1C(c1ccccc1)N(C)C. The topological polar surface area (TPSA) is 22.3 Å². The molecule has 3 aromatic carbocycles. The van der Waals surface area contributed by atoms with Crippen LogP contribution in [0.2, 0.25) is 0 Å². The lowest BCUT2D eigenvalue weighted by Crippen LogP contribution is -2.27. The number of fused-ring (bicyclic) bond motifs is 2. The summed E-state index contributed by atoms with van der Waals surface area (Å²) in [7, 11) is 8.83. The summed E-state index contributed by atoms with van der Waals surface area (Å²) in [5, 5.41) is 1.41. The minimum atomic E-state index is 0.116. The van der Waals surface area contributed by atoms with Crippen molar-refractivity contribution in [3.05, 3.63) is 131 Å². The van der Waals surface area contributed by atoms with E-state index in [4.69, 9.17) is 0 Å². The van der Waals surface area contributed by atoms with Crippen LogP contribution < -0.4 is 0 Å². The number of H-pyrrole nitrogens is 1. The maximum Gasteiger partial charge on any atom is 0.0753 e. The van der Waals surface area contributed by atoms with E-state index in [1.807, 2.05) is 0 Å². The van der Waals surface area contributed by atoms with Crippen molar-refractivity contribution in [1.29, 1.82) is 0 Å². The van der Waals surface area contributed by atoms with Gasteiger partial charge in [-0.3, -0.25) is 9.80 Å². The van der Waals surface area contributed by atoms with Crippen LogP contribution in [0.4, 0.5) is 0 Å². The zero-order chi connectivity index (χ0) is 26.2. The van der Waals surface area contributed by atoms with E-state index in [-0.39, 0.29) is 12.1 Å². The fourth-order valence-corrected chi connectivity index (χ4v) is 7.08. The smallest absolute Gasteiger partial charge is 0.0753 e. The molecule has 1 N–H and O–H groups in total. The van der Waals surface area contributed by atoms with Gasteiger partial charge in [-0.15, -0.1) is 0 Å². The van der Waals surface area contributed by atoms with Crippen LogP contribution in [0.25, 0.3) is 10.9 Å². The van der Waals surface area contributed by atoms with Crippen LogP contribution in [-0.2, 0) is 0 Å². The van der Waals surface area contributed by atoms with Gasteiger partial charge in [-0.1, -0.05) is 96.6 Å². The highest BCUT2D eigenvalue weighted by molar-refractivity contribution is 5.90. The number of benzene rings is 3. The fourth-order valence-electron chi connectivity index (χ4n) is 7.08. The van der Waals surface area contributed by atoms with Gasteiger partial charge in [-0.25, -0.2) is 0 Å². The van der Waals surface area contributed by atoms with Crippen molar-refractivity contribution in [2.45, 2.75) is 37.3 Å². The van der Waals surface area contributed by atoms with Crippen molar-refractivity contribution in [2.24, 2.45) is 5.92 Å². The molecule has 0 spiro atoms. The molecule has 1 fully saturated rings. The van der Waals surface area contributed by atoms with Gasteiger partial charge in [0.15, 0.2) is 0 Å². The van der Waals surface area contributed by atoms with Crippen molar-refractivity contribution in [1.82, 2.24) is 14.8 Å². The second-order valence-corrected chi connectivity index (χ2v) is 11.4. The quantitative estimate of drug-likeness (QED) is 0.279. The van der Waals surface area contributed by atoms with E-state index >= 15 is 0 Å². The summed E-state index contributed by atoms with van der Waals surface area (Å²) in [4.78, 5) is 8.72. The van der Waals surface area contributed by atoms with E-state index < -0.39 is 0 Å². The Morgan fingerprint density at radius 2 is 1.39 bits per heavy atom. The van der Waals surface area contributed by atoms with Gasteiger partial charge in [-0.05, 0) is 76.1 Å². The van der Waals surface area contributed by atoms with Crippen molar-refractivity contribution in [3.63, 3.8) is 0 Å². The largest absolute Gasteiger partial charge is 0.356 e. The summed E-state index contributed by atoms with van der Waals surface area (Å²) in [6.07, 6.45) is 10.7. The van der Waals surface area contributed by atoms with Gasteiger partial charge in [0.05, 0.1) is 12.1 Å². The molecule has 3 heteroatoms. The van der Waals surface area contributed by atoms with Crippen LogP contribution in [0.1, 0.15) is 65.2 Å². The lowest BCUT2D eigenvalue weighted by atomic mass is 9.83. The lowest BCUT2D eigenvalue weighted by molar-refractivity contribution is 0.316. The number of aromatic amines is 1. The van der Waals surface area contributed by atoms with Gasteiger partial charge in [0, 0.05) is 28.1 Å². The summed E-state index contributed by atoms with van der Waals surface area (Å²) in [6, 6.07) is 29.1. The van der Waals surface area contributed by atoms with Gasteiger partial charge in [0.25, 0.3) is 0 Å². The molecule has 2 aliphatic carbocycles. The standard InChI is InChI=1S/C35H39N3/c1-37(2)34(25-15-7-5-8-16-25)32-31-29(28-23-22-24-14-11-12-19-27(24)28)20-13-21-30(31)36-33(32)35(38(3)4)26-17-9-6-10-18-26/h5-13,15-21,24,28,34-36H,14,22-23H2,1-4H3. The first-order chi connectivity index (χ1) is 18.5. The highest BCUT2D eigenvalue weighted by atomic mass is 15.1. The van der Waals surface area contributed by atoms with E-state index in [0.717, 1.165) is 0 Å². The van der Waals surface area contributed by atoms with Gasteiger partial charge < -0.3 is 4.98 Å². The Labute approximate surface area is 227 Å². The second kappa shape index (κ2) is 10.4. The summed E-state index contributed by atoms with van der Waals surface area (Å²) < 4.78 is 0. The lowest BCUT2D eigenvalue weighted by Gasteiger charge is -2.31. The van der Waals surface area contributed by atoms with Gasteiger partial charge in [-0.2, -0.15) is 0 Å². The number of nitrogens with zero attached hydrogens (tertiary/aromatic N) is 2. The van der Waals surface area contributed by atoms with E-state index in [1.54, 1.807) is 5.57 Å². The average molecular weight is 502 g/mol. The molecule has 4 unspecified atom stereocenters. The maximum absolute atomic E-state index is 3.98. The van der Waals surface area contributed by atoms with Crippen molar-refractivity contribution >= 4 is 10.9 Å². The molecule has 0 radical (unpaired) electrons. The van der Waals surface area contributed by atoms with Gasteiger partial charge in [0.2, 0.25) is 0 Å². The molecule has 194 valence electrons. The molecule has 4 aromatic rings. The molecule has 3 nitrogen and oxygen atoms in total. The predicted molar refractivity (Wildman–Crippen MR) is 160 cm³/mol. The number of allylic oxidation sites excluding steroid dienone is 4.